The minimum absolute atomic E-state index is 0.221. The molecule has 0 unspecified atom stereocenters. The number of nitrogens with one attached hydrogen (secondary N) is 1. The predicted octanol–water partition coefficient (Wildman–Crippen LogP) is 2.56. The third kappa shape index (κ3) is 2.50. The number of hydrogen-bond donors (Lipinski definition) is 1. The molecule has 20 heavy (non-hydrogen) atoms. The molecule has 0 aliphatic heterocycles. The van der Waals surface area contributed by atoms with Crippen LogP contribution in [0, 0.1) is 3.70 Å². The Morgan fingerprint density at radius 2 is 1.85 bits per heavy atom. The Hall–Kier alpha value is -0.893. The van der Waals surface area contributed by atoms with Crippen LogP contribution in [0.15, 0.2) is 33.6 Å². The van der Waals surface area contributed by atoms with Crippen molar-refractivity contribution in [1.82, 2.24) is 5.27 Å². The summed E-state index contributed by atoms with van der Waals surface area (Å²) in [6.07, 6.45) is 0. The molecule has 1 heterocycles. The lowest BCUT2D eigenvalue weighted by atomic mass is 10.2. The van der Waals surface area contributed by atoms with E-state index in [9.17, 15) is 4.79 Å². The van der Waals surface area contributed by atoms with Crippen LogP contribution >= 0.6 is 22.6 Å². The van der Waals surface area contributed by atoms with E-state index in [0.29, 0.717) is 3.70 Å². The summed E-state index contributed by atoms with van der Waals surface area (Å²) >= 11 is 2.01. The fraction of sp³-hybridized carbons (Fsp3) is 0.429. The topological polar surface area (TPSA) is 49.9 Å². The minimum Gasteiger partial charge on any atom is -0.282 e. The Kier molecular flexibility index (Phi) is 3.98. The maximum Gasteiger partial charge on any atom is 0.441 e. The second-order valence-corrected chi connectivity index (χ2v) is 12.8. The van der Waals surface area contributed by atoms with Crippen LogP contribution < -0.4 is 15.5 Å². The van der Waals surface area contributed by atoms with Gasteiger partial charge in [0.15, 0.2) is 0 Å². The molecule has 2 aromatic rings. The Labute approximate surface area is 133 Å². The first-order chi connectivity index (χ1) is 9.16. The third-order valence-electron chi connectivity index (χ3n) is 4.29. The number of aromatic nitrogens is 2. The number of halogens is 1. The largest absolute Gasteiger partial charge is 0.441 e. The Balaban J connectivity index is 2.70. The monoisotopic (exact) mass is 403 g/mol. The number of nitrogens with zero attached hydrogens (tertiary/aromatic N) is 1. The van der Waals surface area contributed by atoms with E-state index >= 15 is 0 Å². The van der Waals surface area contributed by atoms with Crippen molar-refractivity contribution in [2.45, 2.75) is 38.9 Å². The molecule has 0 atom stereocenters. The van der Waals surface area contributed by atoms with E-state index in [1.807, 2.05) is 34.7 Å². The van der Waals surface area contributed by atoms with Gasteiger partial charge in [0.2, 0.25) is 5.69 Å². The normalized spacial score (nSPS) is 12.7. The average molecular weight is 403 g/mol. The Morgan fingerprint density at radius 3 is 2.35 bits per heavy atom. The van der Waals surface area contributed by atoms with Crippen molar-refractivity contribution in [1.29, 1.82) is 0 Å². The van der Waals surface area contributed by atoms with Gasteiger partial charge in [-0.15, -0.1) is 0 Å². The zero-order valence-corrected chi connectivity index (χ0v) is 15.6. The highest BCUT2D eigenvalue weighted by Gasteiger charge is 2.41. The number of hydrogen-bond acceptors (Lipinski definition) is 2. The summed E-state index contributed by atoms with van der Waals surface area (Å²) < 4.78 is 7.16. The summed E-state index contributed by atoms with van der Waals surface area (Å²) in [5.74, 6) is 0. The molecule has 0 saturated heterocycles. The molecule has 0 fully saturated rings. The lowest BCUT2D eigenvalue weighted by Gasteiger charge is -2.36. The molecule has 1 N–H and O–H groups in total. The van der Waals surface area contributed by atoms with Crippen molar-refractivity contribution in [3.8, 4) is 5.69 Å². The van der Waals surface area contributed by atoms with Crippen molar-refractivity contribution in [3.05, 3.63) is 38.4 Å². The van der Waals surface area contributed by atoms with E-state index in [-0.39, 0.29) is 10.7 Å². The van der Waals surface area contributed by atoms with Gasteiger partial charge >= 0.3 is 9.33 Å². The zero-order chi connectivity index (χ0) is 15.1. The molecule has 1 aromatic heterocycles. The number of para-hydroxylation sites is 1. The van der Waals surface area contributed by atoms with Crippen LogP contribution in [0.4, 0.5) is 0 Å². The highest BCUT2D eigenvalue weighted by Crippen LogP contribution is 2.36. The van der Waals surface area contributed by atoms with Crippen molar-refractivity contribution >= 4 is 35.9 Å². The van der Waals surface area contributed by atoms with Crippen LogP contribution in [0.1, 0.15) is 20.8 Å². The van der Waals surface area contributed by atoms with E-state index in [1.54, 1.807) is 4.68 Å². The van der Waals surface area contributed by atoms with Gasteiger partial charge in [0.1, 0.15) is 0 Å². The van der Waals surface area contributed by atoms with E-state index in [2.05, 4.69) is 51.3 Å². The molecule has 0 bridgehead atoms. The molecule has 4 nitrogen and oxygen atoms in total. The van der Waals surface area contributed by atoms with Crippen LogP contribution in [0.5, 0.6) is 0 Å². The lowest BCUT2D eigenvalue weighted by molar-refractivity contribution is -0.681. The fourth-order valence-electron chi connectivity index (χ4n) is 2.02. The van der Waals surface area contributed by atoms with Gasteiger partial charge in [0.25, 0.3) is 0 Å². The standard InChI is InChI=1S/C14H19IN2O2Si/c1-14(2,3)20(4,5)11-9-7-6-8-10(11)17-12(15)13(18)19-16-17/h6-9H,1-5H3/p+1. The SMILES string of the molecule is CC(C)(C)[Si](C)(C)c1ccccc1-[n+]1[nH]oc(=O)c1I. The van der Waals surface area contributed by atoms with Crippen LogP contribution in [-0.2, 0) is 0 Å². The number of rotatable bonds is 2. The van der Waals surface area contributed by atoms with Gasteiger partial charge in [-0.25, -0.2) is 4.79 Å². The van der Waals surface area contributed by atoms with Crippen LogP contribution in [0.2, 0.25) is 18.1 Å². The van der Waals surface area contributed by atoms with Gasteiger partial charge in [0, 0.05) is 33.8 Å². The number of aromatic amines is 1. The fourth-order valence-corrected chi connectivity index (χ4v) is 4.64. The van der Waals surface area contributed by atoms with Crippen LogP contribution in [0.25, 0.3) is 5.69 Å². The van der Waals surface area contributed by atoms with Crippen molar-refractivity contribution < 1.29 is 9.20 Å². The maximum atomic E-state index is 11.6. The molecule has 2 rings (SSSR count). The summed E-state index contributed by atoms with van der Waals surface area (Å²) in [6, 6.07) is 8.25. The minimum atomic E-state index is -1.71. The van der Waals surface area contributed by atoms with E-state index < -0.39 is 8.07 Å². The van der Waals surface area contributed by atoms with Gasteiger partial charge in [-0.2, -0.15) is 0 Å². The third-order valence-corrected chi connectivity index (χ3v) is 10.7. The van der Waals surface area contributed by atoms with Crippen molar-refractivity contribution in [2.75, 3.05) is 0 Å². The molecule has 0 spiro atoms. The van der Waals surface area contributed by atoms with Crippen molar-refractivity contribution in [2.24, 2.45) is 0 Å². The first-order valence-corrected chi connectivity index (χ1v) is 10.6. The molecule has 0 aliphatic carbocycles. The van der Waals surface area contributed by atoms with Gasteiger partial charge < -0.3 is 0 Å². The van der Waals surface area contributed by atoms with Crippen molar-refractivity contribution in [3.63, 3.8) is 0 Å². The highest BCUT2D eigenvalue weighted by atomic mass is 127. The van der Waals surface area contributed by atoms with E-state index in [0.717, 1.165) is 5.69 Å². The Bertz CT molecular complexity index is 683. The molecule has 6 heteroatoms. The molecule has 0 radical (unpaired) electrons. The Morgan fingerprint density at radius 1 is 1.25 bits per heavy atom. The first-order valence-electron chi connectivity index (χ1n) is 6.55. The summed E-state index contributed by atoms with van der Waals surface area (Å²) in [6.45, 7) is 11.6. The molecule has 108 valence electrons. The lowest BCUT2D eigenvalue weighted by Crippen LogP contribution is -2.55. The summed E-state index contributed by atoms with van der Waals surface area (Å²) in [5, 5.41) is 4.23. The molecular formula is C14H20IN2O2Si+. The molecule has 0 aliphatic rings. The van der Waals surface area contributed by atoms with E-state index in [4.69, 9.17) is 4.52 Å². The van der Waals surface area contributed by atoms with Gasteiger partial charge in [-0.05, 0) is 15.0 Å². The van der Waals surface area contributed by atoms with Gasteiger partial charge in [-0.3, -0.25) is 4.52 Å². The smallest absolute Gasteiger partial charge is 0.282 e. The average Bonchev–Trinajstić information content (AvgIpc) is 2.69. The quantitative estimate of drug-likeness (QED) is 0.476. The van der Waals surface area contributed by atoms with Crippen LogP contribution in [-0.4, -0.2) is 13.3 Å². The zero-order valence-electron chi connectivity index (χ0n) is 12.5. The van der Waals surface area contributed by atoms with Gasteiger partial charge in [0.05, 0.1) is 8.07 Å². The summed E-state index contributed by atoms with van der Waals surface area (Å²) in [7, 11) is -1.71. The van der Waals surface area contributed by atoms with Crippen LogP contribution in [0.3, 0.4) is 0 Å². The maximum absolute atomic E-state index is 11.6. The molecule has 0 saturated carbocycles. The van der Waals surface area contributed by atoms with E-state index in [1.165, 1.54) is 5.19 Å². The molecular weight excluding hydrogens is 383 g/mol. The first kappa shape index (κ1) is 15.5. The molecule has 1 aromatic carbocycles. The highest BCUT2D eigenvalue weighted by molar-refractivity contribution is 14.1. The predicted molar refractivity (Wildman–Crippen MR) is 90.4 cm³/mol. The molecule has 0 amide bonds. The summed E-state index contributed by atoms with van der Waals surface area (Å²) in [5.41, 5.74) is 0.671. The summed E-state index contributed by atoms with van der Waals surface area (Å²) in [4.78, 5) is 11.6. The second-order valence-electron chi connectivity index (χ2n) is 6.50. The number of H-pyrrole nitrogens is 1. The second kappa shape index (κ2) is 5.14. The van der Waals surface area contributed by atoms with Gasteiger partial charge in [-0.1, -0.05) is 52.1 Å². The number of benzene rings is 1.